The number of pyridine rings is 1. The Balaban J connectivity index is 1.80. The Kier molecular flexibility index (Phi) is 5.87. The lowest BCUT2D eigenvalue weighted by atomic mass is 10.2. The molecule has 6 nitrogen and oxygen atoms in total. The van der Waals surface area contributed by atoms with E-state index in [0.29, 0.717) is 11.4 Å². The number of nitrogens with zero attached hydrogens (tertiary/aromatic N) is 1. The lowest BCUT2D eigenvalue weighted by Gasteiger charge is -2.16. The lowest BCUT2D eigenvalue weighted by Crippen LogP contribution is -2.31. The molecule has 150 valence electrons. The first-order valence-electron chi connectivity index (χ1n) is 8.48. The summed E-state index contributed by atoms with van der Waals surface area (Å²) in [5.74, 6) is 0.106. The van der Waals surface area contributed by atoms with Crippen LogP contribution >= 0.6 is 0 Å². The van der Waals surface area contributed by atoms with Gasteiger partial charge >= 0.3 is 6.18 Å². The van der Waals surface area contributed by atoms with E-state index >= 15 is 0 Å². The second-order valence-electron chi connectivity index (χ2n) is 5.85. The van der Waals surface area contributed by atoms with Crippen molar-refractivity contribution in [1.82, 2.24) is 10.4 Å². The molecule has 1 heterocycles. The van der Waals surface area contributed by atoms with Gasteiger partial charge in [0.25, 0.3) is 5.91 Å². The number of alkyl halides is 3. The molecule has 29 heavy (non-hydrogen) atoms. The summed E-state index contributed by atoms with van der Waals surface area (Å²) in [6, 6.07) is 14.9. The van der Waals surface area contributed by atoms with Crippen LogP contribution in [0.15, 0.2) is 66.9 Å². The van der Waals surface area contributed by atoms with E-state index in [1.54, 1.807) is 30.3 Å². The lowest BCUT2D eigenvalue weighted by molar-refractivity contribution is -0.137. The van der Waals surface area contributed by atoms with Crippen LogP contribution in [0.4, 0.5) is 30.4 Å². The quantitative estimate of drug-likeness (QED) is 0.525. The zero-order chi connectivity index (χ0) is 20.9. The number of amides is 1. The molecular weight excluding hydrogens is 385 g/mol. The van der Waals surface area contributed by atoms with Crippen molar-refractivity contribution >= 4 is 23.1 Å². The first kappa shape index (κ1) is 20.0. The second kappa shape index (κ2) is 8.51. The summed E-state index contributed by atoms with van der Waals surface area (Å²) in [4.78, 5) is 16.7. The number of methoxy groups -OCH3 is 1. The maximum atomic E-state index is 13.1. The van der Waals surface area contributed by atoms with E-state index in [1.165, 1.54) is 37.6 Å². The van der Waals surface area contributed by atoms with Crippen molar-refractivity contribution in [2.75, 3.05) is 17.9 Å². The predicted octanol–water partition coefficient (Wildman–Crippen LogP) is 4.61. The number of ether oxygens (including phenoxy) is 1. The minimum atomic E-state index is -4.56. The predicted molar refractivity (Wildman–Crippen MR) is 103 cm³/mol. The third-order valence-electron chi connectivity index (χ3n) is 3.96. The SMILES string of the molecule is COc1ccccc1Nc1ncccc1C(=O)NNc1ccccc1C(F)(F)F. The molecule has 0 unspecified atom stereocenters. The average molecular weight is 402 g/mol. The second-order valence-corrected chi connectivity index (χ2v) is 5.85. The van der Waals surface area contributed by atoms with Crippen molar-refractivity contribution in [2.24, 2.45) is 0 Å². The van der Waals surface area contributed by atoms with Crippen molar-refractivity contribution < 1.29 is 22.7 Å². The molecule has 3 aromatic rings. The topological polar surface area (TPSA) is 75.3 Å². The van der Waals surface area contributed by atoms with Crippen molar-refractivity contribution in [3.05, 3.63) is 78.0 Å². The molecule has 3 N–H and O–H groups in total. The van der Waals surface area contributed by atoms with E-state index in [9.17, 15) is 18.0 Å². The average Bonchev–Trinajstić information content (AvgIpc) is 2.72. The fraction of sp³-hybridized carbons (Fsp3) is 0.100. The number of hydrogen-bond acceptors (Lipinski definition) is 5. The van der Waals surface area contributed by atoms with Gasteiger partial charge in [-0.05, 0) is 36.4 Å². The Labute approximate surface area is 164 Å². The van der Waals surface area contributed by atoms with Crippen LogP contribution in [-0.2, 0) is 6.18 Å². The highest BCUT2D eigenvalue weighted by Gasteiger charge is 2.33. The van der Waals surface area contributed by atoms with Crippen LogP contribution in [-0.4, -0.2) is 18.0 Å². The van der Waals surface area contributed by atoms with Gasteiger partial charge in [0.1, 0.15) is 11.6 Å². The van der Waals surface area contributed by atoms with Crippen LogP contribution in [0.3, 0.4) is 0 Å². The minimum Gasteiger partial charge on any atom is -0.495 e. The number of hydrazine groups is 1. The van der Waals surface area contributed by atoms with Gasteiger partial charge in [-0.25, -0.2) is 4.98 Å². The molecule has 0 aliphatic heterocycles. The van der Waals surface area contributed by atoms with Gasteiger partial charge < -0.3 is 10.1 Å². The Hall–Kier alpha value is -3.75. The summed E-state index contributed by atoms with van der Waals surface area (Å²) >= 11 is 0. The highest BCUT2D eigenvalue weighted by molar-refractivity contribution is 6.00. The standard InChI is InChI=1S/C20H17F3N4O2/c1-29-17-11-5-4-10-16(17)25-18-13(7-6-12-24-18)19(28)27-26-15-9-3-2-8-14(15)20(21,22)23/h2-12,26H,1H3,(H,24,25)(H,27,28). The van der Waals surface area contributed by atoms with Crippen LogP contribution in [0.1, 0.15) is 15.9 Å². The molecule has 9 heteroatoms. The number of carbonyl (C=O) groups is 1. The zero-order valence-corrected chi connectivity index (χ0v) is 15.2. The van der Waals surface area contributed by atoms with Crippen LogP contribution in [0.25, 0.3) is 0 Å². The van der Waals surface area contributed by atoms with Crippen LogP contribution in [0, 0.1) is 0 Å². The number of rotatable bonds is 6. The molecule has 0 fully saturated rings. The molecule has 0 bridgehead atoms. The summed E-state index contributed by atoms with van der Waals surface area (Å²) in [6.07, 6.45) is -3.07. The first-order valence-corrected chi connectivity index (χ1v) is 8.48. The molecule has 1 amide bonds. The van der Waals surface area contributed by atoms with E-state index in [-0.39, 0.29) is 17.1 Å². The van der Waals surface area contributed by atoms with E-state index in [1.807, 2.05) is 0 Å². The maximum absolute atomic E-state index is 13.1. The summed E-state index contributed by atoms with van der Waals surface area (Å²) < 4.78 is 44.5. The largest absolute Gasteiger partial charge is 0.495 e. The molecule has 0 spiro atoms. The van der Waals surface area contributed by atoms with E-state index < -0.39 is 17.6 Å². The van der Waals surface area contributed by atoms with Crippen molar-refractivity contribution in [1.29, 1.82) is 0 Å². The van der Waals surface area contributed by atoms with Gasteiger partial charge in [-0.2, -0.15) is 13.2 Å². The summed E-state index contributed by atoms with van der Waals surface area (Å²) in [6.45, 7) is 0. The van der Waals surface area contributed by atoms with E-state index in [0.717, 1.165) is 6.07 Å². The smallest absolute Gasteiger partial charge is 0.418 e. The number of aromatic nitrogens is 1. The molecule has 0 radical (unpaired) electrons. The van der Waals surface area contributed by atoms with E-state index in [2.05, 4.69) is 21.2 Å². The third kappa shape index (κ3) is 4.75. The van der Waals surface area contributed by atoms with E-state index in [4.69, 9.17) is 4.74 Å². The number of carbonyl (C=O) groups excluding carboxylic acids is 1. The van der Waals surface area contributed by atoms with Crippen molar-refractivity contribution in [2.45, 2.75) is 6.18 Å². The Morgan fingerprint density at radius 2 is 1.66 bits per heavy atom. The Morgan fingerprint density at radius 1 is 0.966 bits per heavy atom. The monoisotopic (exact) mass is 402 g/mol. The molecule has 0 aliphatic rings. The van der Waals surface area contributed by atoms with Crippen molar-refractivity contribution in [3.63, 3.8) is 0 Å². The number of nitrogens with one attached hydrogen (secondary N) is 3. The molecule has 1 aromatic heterocycles. The van der Waals surface area contributed by atoms with Gasteiger partial charge in [0.15, 0.2) is 0 Å². The fourth-order valence-electron chi connectivity index (χ4n) is 2.59. The number of hydrogen-bond donors (Lipinski definition) is 3. The molecular formula is C20H17F3N4O2. The summed E-state index contributed by atoms with van der Waals surface area (Å²) in [7, 11) is 1.51. The summed E-state index contributed by atoms with van der Waals surface area (Å²) in [5.41, 5.74) is 4.17. The Bertz CT molecular complexity index is 1010. The molecule has 0 saturated heterocycles. The van der Waals surface area contributed by atoms with Gasteiger partial charge in [-0.1, -0.05) is 24.3 Å². The van der Waals surface area contributed by atoms with Crippen LogP contribution in [0.5, 0.6) is 5.75 Å². The maximum Gasteiger partial charge on any atom is 0.418 e. The molecule has 2 aromatic carbocycles. The number of halogens is 3. The number of benzene rings is 2. The van der Waals surface area contributed by atoms with Crippen LogP contribution < -0.4 is 20.9 Å². The molecule has 0 aliphatic carbocycles. The minimum absolute atomic E-state index is 0.135. The third-order valence-corrected chi connectivity index (χ3v) is 3.96. The first-order chi connectivity index (χ1) is 13.9. The number of para-hydroxylation sites is 3. The summed E-state index contributed by atoms with van der Waals surface area (Å²) in [5, 5.41) is 3.00. The van der Waals surface area contributed by atoms with Crippen molar-refractivity contribution in [3.8, 4) is 5.75 Å². The normalized spacial score (nSPS) is 10.9. The van der Waals surface area contributed by atoms with Gasteiger partial charge in [0.05, 0.1) is 29.6 Å². The molecule has 3 rings (SSSR count). The highest BCUT2D eigenvalue weighted by atomic mass is 19.4. The molecule has 0 saturated carbocycles. The fourth-order valence-corrected chi connectivity index (χ4v) is 2.59. The Morgan fingerprint density at radius 3 is 2.38 bits per heavy atom. The molecule has 0 atom stereocenters. The van der Waals surface area contributed by atoms with Gasteiger partial charge in [0.2, 0.25) is 0 Å². The van der Waals surface area contributed by atoms with Gasteiger partial charge in [0, 0.05) is 6.20 Å². The highest BCUT2D eigenvalue weighted by Crippen LogP contribution is 2.34. The van der Waals surface area contributed by atoms with Gasteiger partial charge in [-0.15, -0.1) is 0 Å². The van der Waals surface area contributed by atoms with Gasteiger partial charge in [-0.3, -0.25) is 15.6 Å². The number of anilines is 3. The van der Waals surface area contributed by atoms with Crippen LogP contribution in [0.2, 0.25) is 0 Å². The zero-order valence-electron chi connectivity index (χ0n) is 15.2.